The first-order valence-corrected chi connectivity index (χ1v) is 21.6. The SMILES string of the molecule is [C-]#[N+]c1c(C(=O)OC2C(C)CC(C)CC2C)c2nc(-c3cc(NS(=O)(=O)CCCCCCCCCCCC)ccc3OC)[nH]n2c1OC(=O)N(CC=C)CC=C. The number of amides is 1. The Hall–Kier alpha value is -4.77. The van der Waals surface area contributed by atoms with Crippen LogP contribution in [0.4, 0.5) is 16.2 Å². The zero-order valence-electron chi connectivity index (χ0n) is 33.8. The number of benzene rings is 1. The molecule has 14 heteroatoms. The first-order valence-electron chi connectivity index (χ1n) is 20.0. The molecule has 1 fully saturated rings. The highest BCUT2D eigenvalue weighted by atomic mass is 32.2. The van der Waals surface area contributed by atoms with E-state index in [1.165, 1.54) is 67.2 Å². The third-order valence-electron chi connectivity index (χ3n) is 10.4. The van der Waals surface area contributed by atoms with Crippen molar-refractivity contribution in [2.75, 3.05) is 30.7 Å². The van der Waals surface area contributed by atoms with Crippen molar-refractivity contribution in [2.24, 2.45) is 17.8 Å². The van der Waals surface area contributed by atoms with Gasteiger partial charge in [-0.15, -0.1) is 13.2 Å². The molecule has 4 rings (SSSR count). The highest BCUT2D eigenvalue weighted by Crippen LogP contribution is 2.42. The number of aromatic nitrogens is 3. The Morgan fingerprint density at radius 3 is 2.20 bits per heavy atom. The van der Waals surface area contributed by atoms with Gasteiger partial charge in [-0.3, -0.25) is 9.82 Å². The lowest BCUT2D eigenvalue weighted by Gasteiger charge is -2.37. The first-order chi connectivity index (χ1) is 26.9. The van der Waals surface area contributed by atoms with Crippen LogP contribution in [-0.2, 0) is 14.8 Å². The minimum absolute atomic E-state index is 0.00345. The van der Waals surface area contributed by atoms with Gasteiger partial charge in [0.1, 0.15) is 17.4 Å². The summed E-state index contributed by atoms with van der Waals surface area (Å²) in [7, 11) is -2.19. The number of fused-ring (bicyclic) bond motifs is 1. The molecule has 2 N–H and O–H groups in total. The normalized spacial score (nSPS) is 18.2. The van der Waals surface area contributed by atoms with E-state index in [0.29, 0.717) is 29.3 Å². The summed E-state index contributed by atoms with van der Waals surface area (Å²) in [4.78, 5) is 37.2. The average molecular weight is 793 g/mol. The Labute approximate surface area is 332 Å². The molecule has 2 unspecified atom stereocenters. The summed E-state index contributed by atoms with van der Waals surface area (Å²) < 4.78 is 47.8. The highest BCUT2D eigenvalue weighted by Gasteiger charge is 2.38. The van der Waals surface area contributed by atoms with E-state index < -0.39 is 28.2 Å². The van der Waals surface area contributed by atoms with Crippen LogP contribution in [0, 0.1) is 24.3 Å². The summed E-state index contributed by atoms with van der Waals surface area (Å²) in [5.74, 6) is 0.154. The number of hydrogen-bond acceptors (Lipinski definition) is 8. The molecule has 0 saturated heterocycles. The van der Waals surface area contributed by atoms with Gasteiger partial charge >= 0.3 is 12.1 Å². The molecule has 0 bridgehead atoms. The fraction of sp³-hybridized carbons (Fsp3) is 0.571. The van der Waals surface area contributed by atoms with Crippen molar-refractivity contribution in [3.05, 3.63) is 60.5 Å². The van der Waals surface area contributed by atoms with Crippen molar-refractivity contribution in [3.8, 4) is 23.0 Å². The summed E-state index contributed by atoms with van der Waals surface area (Å²) in [5.41, 5.74) is 0.252. The molecular formula is C42H60N6O7S. The number of esters is 1. The molecule has 1 aromatic carbocycles. The van der Waals surface area contributed by atoms with E-state index in [2.05, 4.69) is 41.7 Å². The summed E-state index contributed by atoms with van der Waals surface area (Å²) in [6, 6.07) is 4.79. The Balaban J connectivity index is 1.64. The molecule has 1 amide bonds. The monoisotopic (exact) mass is 792 g/mol. The lowest BCUT2D eigenvalue weighted by atomic mass is 9.75. The minimum Gasteiger partial charge on any atom is -0.496 e. The number of nitrogens with one attached hydrogen (secondary N) is 2. The fourth-order valence-corrected chi connectivity index (χ4v) is 8.91. The molecule has 0 radical (unpaired) electrons. The molecule has 0 spiro atoms. The molecule has 306 valence electrons. The molecule has 0 aliphatic heterocycles. The van der Waals surface area contributed by atoms with Gasteiger partial charge in [-0.25, -0.2) is 32.4 Å². The van der Waals surface area contributed by atoms with Crippen LogP contribution in [0.25, 0.3) is 21.9 Å². The standard InChI is InChI=1S/C42H60N6O7S/c1-9-12-13-14-15-16-17-18-19-20-25-56(51,52)46-32-21-22-34(53-8)33(28-32)38-44-39-35(41(49)54-37-30(5)26-29(4)27-31(37)6)36(43-7)40(48(39)45-38)55-42(50)47(23-10-2)24-11-3/h10-11,21-22,28-31,37,46H,2-3,9,12-20,23-27H2,1,4-6,8H3,(H,44,45). The third-order valence-corrected chi connectivity index (χ3v) is 11.8. The lowest BCUT2D eigenvalue weighted by molar-refractivity contribution is -0.0249. The largest absolute Gasteiger partial charge is 0.496 e. The predicted molar refractivity (Wildman–Crippen MR) is 221 cm³/mol. The maximum Gasteiger partial charge on any atom is 0.416 e. The van der Waals surface area contributed by atoms with Crippen LogP contribution in [-0.4, -0.2) is 72.0 Å². The van der Waals surface area contributed by atoms with Gasteiger partial charge in [-0.05, 0) is 55.2 Å². The van der Waals surface area contributed by atoms with Gasteiger partial charge in [0, 0.05) is 18.8 Å². The number of unbranched alkanes of at least 4 members (excludes halogenated alkanes) is 9. The molecular weight excluding hydrogens is 733 g/mol. The number of nitrogens with zero attached hydrogens (tertiary/aromatic N) is 4. The second kappa shape index (κ2) is 20.9. The van der Waals surface area contributed by atoms with Crippen molar-refractivity contribution < 1.29 is 32.2 Å². The molecule has 1 aliphatic rings. The van der Waals surface area contributed by atoms with Crippen LogP contribution in [0.2, 0.25) is 0 Å². The molecule has 2 heterocycles. The van der Waals surface area contributed by atoms with Gasteiger partial charge in [-0.1, -0.05) is 97.6 Å². The zero-order chi connectivity index (χ0) is 40.8. The van der Waals surface area contributed by atoms with Crippen molar-refractivity contribution in [1.82, 2.24) is 19.5 Å². The number of rotatable bonds is 22. The predicted octanol–water partition coefficient (Wildman–Crippen LogP) is 9.95. The Bertz CT molecular complexity index is 1940. The Morgan fingerprint density at radius 1 is 1.02 bits per heavy atom. The lowest BCUT2D eigenvalue weighted by Crippen LogP contribution is -2.37. The molecule has 1 aliphatic carbocycles. The topological polar surface area (TPSA) is 149 Å². The third kappa shape index (κ3) is 11.4. The van der Waals surface area contributed by atoms with Crippen molar-refractivity contribution >= 4 is 39.1 Å². The van der Waals surface area contributed by atoms with Crippen LogP contribution in [0.5, 0.6) is 11.6 Å². The van der Waals surface area contributed by atoms with E-state index in [1.54, 1.807) is 18.2 Å². The van der Waals surface area contributed by atoms with E-state index in [-0.39, 0.29) is 59.3 Å². The number of ether oxygens (including phenoxy) is 3. The molecule has 1 saturated carbocycles. The number of sulfonamides is 1. The number of carbonyl (C=O) groups is 2. The number of carbonyl (C=O) groups excluding carboxylic acids is 2. The van der Waals surface area contributed by atoms with Crippen LogP contribution in [0.3, 0.4) is 0 Å². The summed E-state index contributed by atoms with van der Waals surface area (Å²) in [6.07, 6.45) is 14.6. The van der Waals surface area contributed by atoms with Gasteiger partial charge in [0.05, 0.1) is 25.0 Å². The Morgan fingerprint density at radius 2 is 1.62 bits per heavy atom. The van der Waals surface area contributed by atoms with Gasteiger partial charge < -0.3 is 19.1 Å². The molecule has 2 atom stereocenters. The summed E-state index contributed by atoms with van der Waals surface area (Å²) in [6.45, 7) is 24.3. The smallest absolute Gasteiger partial charge is 0.416 e. The maximum absolute atomic E-state index is 14.1. The molecule has 13 nitrogen and oxygen atoms in total. The number of H-pyrrole nitrogens is 1. The van der Waals surface area contributed by atoms with Gasteiger partial charge in [-0.2, -0.15) is 0 Å². The van der Waals surface area contributed by atoms with Gasteiger partial charge in [0.15, 0.2) is 11.5 Å². The number of methoxy groups -OCH3 is 1. The van der Waals surface area contributed by atoms with Crippen molar-refractivity contribution in [1.29, 1.82) is 0 Å². The van der Waals surface area contributed by atoms with E-state index in [0.717, 1.165) is 32.1 Å². The van der Waals surface area contributed by atoms with Crippen LogP contribution in [0.1, 0.15) is 115 Å². The second-order valence-corrected chi connectivity index (χ2v) is 17.0. The van der Waals surface area contributed by atoms with Crippen LogP contribution >= 0.6 is 0 Å². The molecule has 3 aromatic rings. The molecule has 2 aromatic heterocycles. The minimum atomic E-state index is -3.66. The van der Waals surface area contributed by atoms with E-state index in [4.69, 9.17) is 25.8 Å². The zero-order valence-corrected chi connectivity index (χ0v) is 34.6. The quantitative estimate of drug-likeness (QED) is 0.0442. The molecule has 56 heavy (non-hydrogen) atoms. The first kappa shape index (κ1) is 44.0. The number of hydrogen-bond donors (Lipinski definition) is 2. The van der Waals surface area contributed by atoms with Crippen molar-refractivity contribution in [2.45, 2.75) is 111 Å². The van der Waals surface area contributed by atoms with Crippen LogP contribution in [0.15, 0.2) is 43.5 Å². The van der Waals surface area contributed by atoms with Gasteiger partial charge in [0.25, 0.3) is 5.69 Å². The highest BCUT2D eigenvalue weighted by molar-refractivity contribution is 7.92. The van der Waals surface area contributed by atoms with E-state index in [9.17, 15) is 18.0 Å². The van der Waals surface area contributed by atoms with E-state index >= 15 is 0 Å². The number of aromatic amines is 1. The second-order valence-electron chi connectivity index (χ2n) is 15.1. The Kier molecular flexibility index (Phi) is 16.4. The number of anilines is 1. The summed E-state index contributed by atoms with van der Waals surface area (Å²) in [5, 5.41) is 3.06. The van der Waals surface area contributed by atoms with E-state index in [1.807, 2.05) is 13.8 Å². The van der Waals surface area contributed by atoms with Crippen molar-refractivity contribution in [3.63, 3.8) is 0 Å². The fourth-order valence-electron chi connectivity index (χ4n) is 7.74. The maximum atomic E-state index is 14.1. The average Bonchev–Trinajstić information content (AvgIpc) is 3.70. The summed E-state index contributed by atoms with van der Waals surface area (Å²) >= 11 is 0. The van der Waals surface area contributed by atoms with Crippen LogP contribution < -0.4 is 14.2 Å². The van der Waals surface area contributed by atoms with Gasteiger partial charge in [0.2, 0.25) is 15.9 Å².